The standard InChI is InChI=1S/C5H11NO2S/c6-5(8)1-3-9-4-2-7/h7H,1-4H2,(H2,6,8). The molecule has 0 aliphatic rings. The van der Waals surface area contributed by atoms with Gasteiger partial charge in [-0.15, -0.1) is 0 Å². The van der Waals surface area contributed by atoms with E-state index in [9.17, 15) is 4.79 Å². The average Bonchev–Trinajstić information content (AvgIpc) is 1.80. The Morgan fingerprint density at radius 3 is 2.67 bits per heavy atom. The lowest BCUT2D eigenvalue weighted by Gasteiger charge is -1.93. The van der Waals surface area contributed by atoms with Gasteiger partial charge in [0.05, 0.1) is 6.61 Å². The maximum absolute atomic E-state index is 10.1. The fourth-order valence-electron chi connectivity index (χ4n) is 0.339. The molecule has 0 bridgehead atoms. The molecular weight excluding hydrogens is 138 g/mol. The Morgan fingerprint density at radius 2 is 2.22 bits per heavy atom. The summed E-state index contributed by atoms with van der Waals surface area (Å²) in [5.41, 5.74) is 4.86. The number of nitrogens with two attached hydrogens (primary N) is 1. The first-order valence-corrected chi connectivity index (χ1v) is 3.89. The second kappa shape index (κ2) is 5.91. The summed E-state index contributed by atoms with van der Waals surface area (Å²) in [5, 5.41) is 8.29. The van der Waals surface area contributed by atoms with Gasteiger partial charge in [-0.25, -0.2) is 0 Å². The minimum Gasteiger partial charge on any atom is -0.396 e. The number of hydrogen-bond acceptors (Lipinski definition) is 3. The summed E-state index contributed by atoms with van der Waals surface area (Å²) in [4.78, 5) is 10.1. The van der Waals surface area contributed by atoms with Gasteiger partial charge in [0, 0.05) is 17.9 Å². The van der Waals surface area contributed by atoms with E-state index in [0.29, 0.717) is 12.2 Å². The fourth-order valence-corrected chi connectivity index (χ4v) is 1.02. The Hall–Kier alpha value is -0.220. The third kappa shape index (κ3) is 7.78. The molecule has 0 saturated heterocycles. The molecule has 54 valence electrons. The Morgan fingerprint density at radius 1 is 1.56 bits per heavy atom. The van der Waals surface area contributed by atoms with E-state index in [1.54, 1.807) is 0 Å². The Balaban J connectivity index is 2.83. The highest BCUT2D eigenvalue weighted by Crippen LogP contribution is 1.99. The van der Waals surface area contributed by atoms with Crippen LogP contribution in [0.15, 0.2) is 0 Å². The average molecular weight is 149 g/mol. The van der Waals surface area contributed by atoms with Crippen LogP contribution in [-0.2, 0) is 4.79 Å². The lowest BCUT2D eigenvalue weighted by atomic mass is 10.5. The summed E-state index contributed by atoms with van der Waals surface area (Å²) in [6.07, 6.45) is 0.407. The molecule has 0 spiro atoms. The molecule has 0 saturated carbocycles. The molecule has 3 N–H and O–H groups in total. The van der Waals surface area contributed by atoms with Gasteiger partial charge in [-0.2, -0.15) is 11.8 Å². The zero-order chi connectivity index (χ0) is 7.11. The van der Waals surface area contributed by atoms with Crippen LogP contribution < -0.4 is 5.73 Å². The molecule has 4 heteroatoms. The predicted molar refractivity (Wildman–Crippen MR) is 38.2 cm³/mol. The van der Waals surface area contributed by atoms with E-state index in [-0.39, 0.29) is 12.5 Å². The largest absolute Gasteiger partial charge is 0.396 e. The van der Waals surface area contributed by atoms with Crippen molar-refractivity contribution in [2.45, 2.75) is 6.42 Å². The zero-order valence-electron chi connectivity index (χ0n) is 5.17. The maximum atomic E-state index is 10.1. The molecule has 1 amide bonds. The van der Waals surface area contributed by atoms with Gasteiger partial charge in [0.1, 0.15) is 0 Å². The Kier molecular flexibility index (Phi) is 5.76. The third-order valence-corrected chi connectivity index (χ3v) is 1.69. The summed E-state index contributed by atoms with van der Waals surface area (Å²) >= 11 is 1.53. The molecule has 9 heavy (non-hydrogen) atoms. The van der Waals surface area contributed by atoms with Gasteiger partial charge in [-0.1, -0.05) is 0 Å². The van der Waals surface area contributed by atoms with Gasteiger partial charge in [-0.3, -0.25) is 4.79 Å². The van der Waals surface area contributed by atoms with Crippen molar-refractivity contribution in [3.63, 3.8) is 0 Å². The number of carbonyl (C=O) groups excluding carboxylic acids is 1. The highest BCUT2D eigenvalue weighted by atomic mass is 32.2. The molecular formula is C5H11NO2S. The summed E-state index contributed by atoms with van der Waals surface area (Å²) < 4.78 is 0. The van der Waals surface area contributed by atoms with Crippen LogP contribution in [0.4, 0.5) is 0 Å². The van der Waals surface area contributed by atoms with Gasteiger partial charge in [-0.05, 0) is 0 Å². The van der Waals surface area contributed by atoms with Crippen LogP contribution >= 0.6 is 11.8 Å². The number of hydrogen-bond donors (Lipinski definition) is 2. The molecule has 0 aliphatic heterocycles. The van der Waals surface area contributed by atoms with Crippen LogP contribution in [0.3, 0.4) is 0 Å². The monoisotopic (exact) mass is 149 g/mol. The highest BCUT2D eigenvalue weighted by Gasteiger charge is 1.92. The van der Waals surface area contributed by atoms with E-state index >= 15 is 0 Å². The molecule has 0 atom stereocenters. The van der Waals surface area contributed by atoms with E-state index in [0.717, 1.165) is 5.75 Å². The molecule has 0 aliphatic carbocycles. The van der Waals surface area contributed by atoms with Crippen molar-refractivity contribution in [1.82, 2.24) is 0 Å². The van der Waals surface area contributed by atoms with Crippen LogP contribution in [0.1, 0.15) is 6.42 Å². The molecule has 3 nitrogen and oxygen atoms in total. The zero-order valence-corrected chi connectivity index (χ0v) is 5.99. The van der Waals surface area contributed by atoms with Crippen LogP contribution in [-0.4, -0.2) is 29.1 Å². The Labute approximate surface area is 58.6 Å². The van der Waals surface area contributed by atoms with E-state index < -0.39 is 0 Å². The SMILES string of the molecule is NC(=O)CCSCCO. The van der Waals surface area contributed by atoms with Crippen molar-refractivity contribution in [2.75, 3.05) is 18.1 Å². The first-order valence-electron chi connectivity index (χ1n) is 2.74. The van der Waals surface area contributed by atoms with Gasteiger partial charge < -0.3 is 10.8 Å². The second-order valence-corrected chi connectivity index (χ2v) is 2.78. The molecule has 0 heterocycles. The number of carbonyl (C=O) groups is 1. The fraction of sp³-hybridized carbons (Fsp3) is 0.800. The lowest BCUT2D eigenvalue weighted by molar-refractivity contribution is -0.117. The van der Waals surface area contributed by atoms with E-state index in [2.05, 4.69) is 0 Å². The van der Waals surface area contributed by atoms with Crippen molar-refractivity contribution < 1.29 is 9.90 Å². The van der Waals surface area contributed by atoms with E-state index in [1.165, 1.54) is 11.8 Å². The smallest absolute Gasteiger partial charge is 0.218 e. The number of rotatable bonds is 5. The van der Waals surface area contributed by atoms with E-state index in [1.807, 2.05) is 0 Å². The molecule has 0 aromatic heterocycles. The van der Waals surface area contributed by atoms with Gasteiger partial charge in [0.25, 0.3) is 0 Å². The second-order valence-electron chi connectivity index (χ2n) is 1.55. The maximum Gasteiger partial charge on any atom is 0.218 e. The molecule has 0 rings (SSSR count). The highest BCUT2D eigenvalue weighted by molar-refractivity contribution is 7.99. The minimum absolute atomic E-state index is 0.170. The van der Waals surface area contributed by atoms with Crippen molar-refractivity contribution in [3.8, 4) is 0 Å². The van der Waals surface area contributed by atoms with Gasteiger partial charge >= 0.3 is 0 Å². The van der Waals surface area contributed by atoms with Crippen LogP contribution in [0.25, 0.3) is 0 Å². The third-order valence-electron chi connectivity index (χ3n) is 0.728. The van der Waals surface area contributed by atoms with Crippen molar-refractivity contribution in [1.29, 1.82) is 0 Å². The number of aliphatic hydroxyl groups excluding tert-OH is 1. The first-order chi connectivity index (χ1) is 4.27. The molecule has 0 radical (unpaired) electrons. The number of thioether (sulfide) groups is 1. The number of primary amides is 1. The minimum atomic E-state index is -0.277. The summed E-state index contributed by atoms with van der Waals surface area (Å²) in [6, 6.07) is 0. The molecule has 0 aromatic carbocycles. The van der Waals surface area contributed by atoms with Crippen LogP contribution in [0.2, 0.25) is 0 Å². The molecule has 0 fully saturated rings. The number of aliphatic hydroxyl groups is 1. The quantitative estimate of drug-likeness (QED) is 0.522. The first kappa shape index (κ1) is 8.78. The van der Waals surface area contributed by atoms with Gasteiger partial charge in [0.2, 0.25) is 5.91 Å². The van der Waals surface area contributed by atoms with Crippen molar-refractivity contribution in [3.05, 3.63) is 0 Å². The Bertz CT molecular complexity index is 87.0. The topological polar surface area (TPSA) is 63.3 Å². The van der Waals surface area contributed by atoms with Crippen LogP contribution in [0.5, 0.6) is 0 Å². The molecule has 0 unspecified atom stereocenters. The van der Waals surface area contributed by atoms with Crippen molar-refractivity contribution >= 4 is 17.7 Å². The molecule has 0 aromatic rings. The number of amides is 1. The van der Waals surface area contributed by atoms with Gasteiger partial charge in [0.15, 0.2) is 0 Å². The summed E-state index contributed by atoms with van der Waals surface area (Å²) in [7, 11) is 0. The normalized spacial score (nSPS) is 9.44. The summed E-state index contributed by atoms with van der Waals surface area (Å²) in [5.74, 6) is 1.13. The van der Waals surface area contributed by atoms with E-state index in [4.69, 9.17) is 10.8 Å². The van der Waals surface area contributed by atoms with Crippen LogP contribution in [0, 0.1) is 0 Å². The lowest BCUT2D eigenvalue weighted by Crippen LogP contribution is -2.11. The predicted octanol–water partition coefficient (Wildman–Crippen LogP) is -0.413. The summed E-state index contributed by atoms with van der Waals surface area (Å²) in [6.45, 7) is 0.170. The van der Waals surface area contributed by atoms with Crippen molar-refractivity contribution in [2.24, 2.45) is 5.73 Å².